The molecular weight excluding hydrogens is 152 g/mol. The largest absolute Gasteiger partial charge is 0.464 e. The molecule has 2 nitrogen and oxygen atoms in total. The van der Waals surface area contributed by atoms with Crippen LogP contribution in [0, 0.1) is 5.92 Å². The molecular formula is C10H16O2. The smallest absolute Gasteiger partial charge is 0.293 e. The fraction of sp³-hybridized carbons (Fsp3) is 0.700. The van der Waals surface area contributed by atoms with E-state index in [1.165, 1.54) is 19.3 Å². The van der Waals surface area contributed by atoms with Gasteiger partial charge in [-0.25, -0.2) is 0 Å². The van der Waals surface area contributed by atoms with Crippen molar-refractivity contribution in [3.05, 3.63) is 12.7 Å². The second-order valence-corrected chi connectivity index (χ2v) is 3.34. The van der Waals surface area contributed by atoms with Crippen molar-refractivity contribution in [1.82, 2.24) is 0 Å². The first-order valence-electron chi connectivity index (χ1n) is 4.58. The normalized spacial score (nSPS) is 29.3. The van der Waals surface area contributed by atoms with E-state index < -0.39 is 0 Å². The zero-order valence-corrected chi connectivity index (χ0v) is 7.37. The van der Waals surface area contributed by atoms with Gasteiger partial charge in [0.1, 0.15) is 6.10 Å². The Kier molecular flexibility index (Phi) is 3.85. The Morgan fingerprint density at radius 3 is 2.83 bits per heavy atom. The molecule has 1 aliphatic rings. The summed E-state index contributed by atoms with van der Waals surface area (Å²) >= 11 is 0. The van der Waals surface area contributed by atoms with Crippen LogP contribution in [0.3, 0.4) is 0 Å². The number of rotatable bonds is 4. The van der Waals surface area contributed by atoms with Gasteiger partial charge in [-0.2, -0.15) is 0 Å². The summed E-state index contributed by atoms with van der Waals surface area (Å²) in [6.07, 6.45) is 7.68. The molecule has 0 aliphatic heterocycles. The number of hydrogen-bond donors (Lipinski definition) is 0. The quantitative estimate of drug-likeness (QED) is 0.475. The molecule has 2 atom stereocenters. The molecule has 2 unspecified atom stereocenters. The highest BCUT2D eigenvalue weighted by molar-refractivity contribution is 5.37. The Balaban J connectivity index is 2.41. The summed E-state index contributed by atoms with van der Waals surface area (Å²) in [5.41, 5.74) is 0. The molecule has 2 heteroatoms. The average Bonchev–Trinajstić information content (AvgIpc) is 2.09. The van der Waals surface area contributed by atoms with E-state index >= 15 is 0 Å². The van der Waals surface area contributed by atoms with Gasteiger partial charge >= 0.3 is 0 Å². The van der Waals surface area contributed by atoms with E-state index in [-0.39, 0.29) is 6.10 Å². The van der Waals surface area contributed by atoms with Crippen LogP contribution in [0.5, 0.6) is 0 Å². The van der Waals surface area contributed by atoms with Gasteiger partial charge in [-0.05, 0) is 31.6 Å². The number of ether oxygens (including phenoxy) is 1. The predicted octanol–water partition coefficient (Wildman–Crippen LogP) is 2.29. The van der Waals surface area contributed by atoms with Crippen LogP contribution in [0.2, 0.25) is 0 Å². The van der Waals surface area contributed by atoms with E-state index in [0.717, 1.165) is 12.8 Å². The third kappa shape index (κ3) is 2.36. The van der Waals surface area contributed by atoms with Crippen LogP contribution in [0.1, 0.15) is 32.1 Å². The topological polar surface area (TPSA) is 26.3 Å². The van der Waals surface area contributed by atoms with Gasteiger partial charge in [-0.15, -0.1) is 6.58 Å². The molecule has 0 aromatic heterocycles. The minimum atomic E-state index is 0.147. The zero-order valence-electron chi connectivity index (χ0n) is 7.37. The molecule has 0 N–H and O–H groups in total. The van der Waals surface area contributed by atoms with Gasteiger partial charge in [0.05, 0.1) is 0 Å². The Hall–Kier alpha value is -0.790. The summed E-state index contributed by atoms with van der Waals surface area (Å²) in [6.45, 7) is 4.28. The van der Waals surface area contributed by atoms with E-state index in [0.29, 0.717) is 12.4 Å². The van der Waals surface area contributed by atoms with Crippen LogP contribution in [0.4, 0.5) is 0 Å². The van der Waals surface area contributed by atoms with Crippen molar-refractivity contribution in [3.63, 3.8) is 0 Å². The number of carbonyl (C=O) groups excluding carboxylic acids is 1. The van der Waals surface area contributed by atoms with Crippen LogP contribution >= 0.6 is 0 Å². The van der Waals surface area contributed by atoms with E-state index in [9.17, 15) is 4.79 Å². The van der Waals surface area contributed by atoms with E-state index in [2.05, 4.69) is 6.58 Å². The lowest BCUT2D eigenvalue weighted by Gasteiger charge is -2.28. The van der Waals surface area contributed by atoms with Gasteiger partial charge in [0.15, 0.2) is 0 Å². The number of carbonyl (C=O) groups is 1. The molecule has 0 bridgehead atoms. The van der Waals surface area contributed by atoms with Crippen molar-refractivity contribution in [2.75, 3.05) is 0 Å². The summed E-state index contributed by atoms with van der Waals surface area (Å²) < 4.78 is 5.02. The van der Waals surface area contributed by atoms with E-state index in [4.69, 9.17) is 4.74 Å². The monoisotopic (exact) mass is 168 g/mol. The lowest BCUT2D eigenvalue weighted by Crippen LogP contribution is -2.26. The summed E-state index contributed by atoms with van der Waals surface area (Å²) in [6, 6.07) is 0. The zero-order chi connectivity index (χ0) is 8.81. The first-order chi connectivity index (χ1) is 5.88. The lowest BCUT2D eigenvalue weighted by atomic mass is 9.84. The van der Waals surface area contributed by atoms with Crippen molar-refractivity contribution in [1.29, 1.82) is 0 Å². The van der Waals surface area contributed by atoms with Crippen LogP contribution < -0.4 is 0 Å². The van der Waals surface area contributed by atoms with Crippen LogP contribution in [-0.2, 0) is 9.53 Å². The van der Waals surface area contributed by atoms with Crippen molar-refractivity contribution in [2.45, 2.75) is 38.2 Å². The summed E-state index contributed by atoms with van der Waals surface area (Å²) in [7, 11) is 0. The van der Waals surface area contributed by atoms with Crippen molar-refractivity contribution < 1.29 is 9.53 Å². The maximum atomic E-state index is 10.2. The molecule has 0 radical (unpaired) electrons. The van der Waals surface area contributed by atoms with Gasteiger partial charge in [-0.3, -0.25) is 4.79 Å². The maximum Gasteiger partial charge on any atom is 0.293 e. The van der Waals surface area contributed by atoms with Gasteiger partial charge in [0.25, 0.3) is 6.47 Å². The molecule has 0 aromatic rings. The highest BCUT2D eigenvalue weighted by atomic mass is 16.5. The molecule has 68 valence electrons. The van der Waals surface area contributed by atoms with Crippen LogP contribution in [0.15, 0.2) is 12.7 Å². The fourth-order valence-electron chi connectivity index (χ4n) is 1.91. The lowest BCUT2D eigenvalue weighted by molar-refractivity contribution is -0.137. The van der Waals surface area contributed by atoms with Crippen LogP contribution in [0.25, 0.3) is 0 Å². The predicted molar refractivity (Wildman–Crippen MR) is 47.7 cm³/mol. The van der Waals surface area contributed by atoms with E-state index in [1.807, 2.05) is 6.08 Å². The minimum absolute atomic E-state index is 0.147. The SMILES string of the molecule is C=CCC1CCCCC1OC=O. The van der Waals surface area contributed by atoms with Gasteiger partial charge in [-0.1, -0.05) is 12.5 Å². The fourth-order valence-corrected chi connectivity index (χ4v) is 1.91. The number of hydrogen-bond acceptors (Lipinski definition) is 2. The highest BCUT2D eigenvalue weighted by Gasteiger charge is 2.24. The van der Waals surface area contributed by atoms with Gasteiger partial charge < -0.3 is 4.74 Å². The highest BCUT2D eigenvalue weighted by Crippen LogP contribution is 2.28. The molecule has 0 saturated heterocycles. The van der Waals surface area contributed by atoms with Crippen molar-refractivity contribution >= 4 is 6.47 Å². The first kappa shape index (κ1) is 9.30. The molecule has 1 rings (SSSR count). The van der Waals surface area contributed by atoms with Gasteiger partial charge in [0.2, 0.25) is 0 Å². The van der Waals surface area contributed by atoms with Crippen molar-refractivity contribution in [2.24, 2.45) is 5.92 Å². The Morgan fingerprint density at radius 2 is 2.17 bits per heavy atom. The first-order valence-corrected chi connectivity index (χ1v) is 4.58. The molecule has 1 aliphatic carbocycles. The minimum Gasteiger partial charge on any atom is -0.464 e. The van der Waals surface area contributed by atoms with E-state index in [1.54, 1.807) is 0 Å². The summed E-state index contributed by atoms with van der Waals surface area (Å²) in [5, 5.41) is 0. The molecule has 0 heterocycles. The third-order valence-corrected chi connectivity index (χ3v) is 2.54. The molecule has 12 heavy (non-hydrogen) atoms. The van der Waals surface area contributed by atoms with Gasteiger partial charge in [0, 0.05) is 0 Å². The molecule has 0 aromatic carbocycles. The summed E-state index contributed by atoms with van der Waals surface area (Å²) in [4.78, 5) is 10.2. The number of allylic oxidation sites excluding steroid dienone is 1. The Labute approximate surface area is 73.6 Å². The van der Waals surface area contributed by atoms with Crippen molar-refractivity contribution in [3.8, 4) is 0 Å². The average molecular weight is 168 g/mol. The maximum absolute atomic E-state index is 10.2. The van der Waals surface area contributed by atoms with Crippen LogP contribution in [-0.4, -0.2) is 12.6 Å². The second-order valence-electron chi connectivity index (χ2n) is 3.34. The standard InChI is InChI=1S/C10H16O2/c1-2-5-9-6-3-4-7-10(9)12-8-11/h2,8-10H,1,3-7H2. The molecule has 0 spiro atoms. The summed E-state index contributed by atoms with van der Waals surface area (Å²) in [5.74, 6) is 0.515. The third-order valence-electron chi connectivity index (χ3n) is 2.54. The molecule has 1 fully saturated rings. The molecule has 0 amide bonds. The Morgan fingerprint density at radius 1 is 1.42 bits per heavy atom. The molecule has 1 saturated carbocycles. The second kappa shape index (κ2) is 4.96. The Bertz CT molecular complexity index is 136.